The van der Waals surface area contributed by atoms with Gasteiger partial charge in [0.05, 0.1) is 11.1 Å². The molecule has 0 aliphatic rings. The number of pyridine rings is 1. The zero-order valence-electron chi connectivity index (χ0n) is 12.7. The number of aromatic nitrogens is 2. The van der Waals surface area contributed by atoms with Gasteiger partial charge in [-0.1, -0.05) is 18.2 Å². The summed E-state index contributed by atoms with van der Waals surface area (Å²) in [5.74, 6) is -0.793. The van der Waals surface area contributed by atoms with E-state index in [0.717, 1.165) is 16.3 Å². The normalized spacial score (nSPS) is 11.0. The molecule has 0 aliphatic carbocycles. The van der Waals surface area contributed by atoms with E-state index in [2.05, 4.69) is 10.3 Å². The Kier molecular flexibility index (Phi) is 3.71. The van der Waals surface area contributed by atoms with Gasteiger partial charge in [-0.15, -0.1) is 0 Å². The van der Waals surface area contributed by atoms with E-state index >= 15 is 0 Å². The van der Waals surface area contributed by atoms with E-state index in [9.17, 15) is 9.59 Å². The third kappa shape index (κ3) is 2.51. The third-order valence-electron chi connectivity index (χ3n) is 3.66. The van der Waals surface area contributed by atoms with Crippen molar-refractivity contribution in [1.29, 1.82) is 0 Å². The van der Waals surface area contributed by atoms with Crippen LogP contribution in [0.3, 0.4) is 0 Å². The Labute approximate surface area is 132 Å². The fraction of sp³-hybridized carbons (Fsp3) is 0.188. The standard InChI is InChI=1S/C16H17N5O2/c1-9(22)19-15-12(14(18)23)8-11-10-4-2-3-5-13(10)21(7-6-17)16(11)20-15/h2-5,8H,6-7,17H2,1H3,(H2,18,23)(H,19,20,22). The van der Waals surface area contributed by atoms with Crippen molar-refractivity contribution in [3.05, 3.63) is 35.9 Å². The van der Waals surface area contributed by atoms with Crippen LogP contribution in [-0.4, -0.2) is 27.9 Å². The molecule has 1 aromatic carbocycles. The number of primary amides is 1. The number of nitrogens with one attached hydrogen (secondary N) is 1. The van der Waals surface area contributed by atoms with Crippen molar-refractivity contribution in [2.75, 3.05) is 11.9 Å². The van der Waals surface area contributed by atoms with E-state index in [1.807, 2.05) is 28.8 Å². The van der Waals surface area contributed by atoms with Gasteiger partial charge in [0.1, 0.15) is 11.5 Å². The molecule has 23 heavy (non-hydrogen) atoms. The lowest BCUT2D eigenvalue weighted by Crippen LogP contribution is -2.18. The van der Waals surface area contributed by atoms with Crippen LogP contribution in [0.1, 0.15) is 17.3 Å². The van der Waals surface area contributed by atoms with Gasteiger partial charge in [0.25, 0.3) is 5.91 Å². The van der Waals surface area contributed by atoms with Crippen molar-refractivity contribution in [3.63, 3.8) is 0 Å². The first-order chi connectivity index (χ1) is 11.0. The minimum atomic E-state index is -0.640. The first-order valence-electron chi connectivity index (χ1n) is 7.22. The molecule has 0 bridgehead atoms. The van der Waals surface area contributed by atoms with Gasteiger partial charge >= 0.3 is 0 Å². The number of benzene rings is 1. The van der Waals surface area contributed by atoms with Gasteiger partial charge in [-0.05, 0) is 12.1 Å². The number of nitrogens with two attached hydrogens (primary N) is 2. The van der Waals surface area contributed by atoms with Crippen molar-refractivity contribution < 1.29 is 9.59 Å². The average Bonchev–Trinajstić information content (AvgIpc) is 2.80. The summed E-state index contributed by atoms with van der Waals surface area (Å²) in [6.07, 6.45) is 0. The summed E-state index contributed by atoms with van der Waals surface area (Å²) >= 11 is 0. The van der Waals surface area contributed by atoms with Crippen LogP contribution in [0.4, 0.5) is 5.82 Å². The highest BCUT2D eigenvalue weighted by Gasteiger charge is 2.18. The molecule has 118 valence electrons. The lowest BCUT2D eigenvalue weighted by molar-refractivity contribution is -0.114. The van der Waals surface area contributed by atoms with Gasteiger partial charge in [-0.2, -0.15) is 0 Å². The monoisotopic (exact) mass is 311 g/mol. The third-order valence-corrected chi connectivity index (χ3v) is 3.66. The summed E-state index contributed by atoms with van der Waals surface area (Å²) in [5, 5.41) is 4.33. The van der Waals surface area contributed by atoms with E-state index in [4.69, 9.17) is 11.5 Å². The topological polar surface area (TPSA) is 116 Å². The Balaban J connectivity index is 2.40. The highest BCUT2D eigenvalue weighted by atomic mass is 16.2. The molecule has 0 saturated carbocycles. The number of carbonyl (C=O) groups is 2. The minimum Gasteiger partial charge on any atom is -0.365 e. The Morgan fingerprint density at radius 2 is 2.00 bits per heavy atom. The molecule has 2 heterocycles. The number of para-hydroxylation sites is 1. The molecule has 0 atom stereocenters. The van der Waals surface area contributed by atoms with Crippen LogP contribution < -0.4 is 16.8 Å². The molecule has 0 unspecified atom stereocenters. The predicted molar refractivity (Wildman–Crippen MR) is 89.1 cm³/mol. The van der Waals surface area contributed by atoms with Crippen LogP contribution in [0.5, 0.6) is 0 Å². The number of rotatable bonds is 4. The maximum atomic E-state index is 11.7. The SMILES string of the molecule is CC(=O)Nc1nc2c(cc1C(N)=O)c1ccccc1n2CCN. The van der Waals surface area contributed by atoms with E-state index in [0.29, 0.717) is 18.7 Å². The Bertz CT molecular complexity index is 929. The second kappa shape index (κ2) is 5.69. The molecular formula is C16H17N5O2. The quantitative estimate of drug-likeness (QED) is 0.671. The zero-order chi connectivity index (χ0) is 16.6. The molecule has 0 saturated heterocycles. The Morgan fingerprint density at radius 1 is 1.26 bits per heavy atom. The van der Waals surface area contributed by atoms with Gasteiger partial charge in [0, 0.05) is 30.8 Å². The summed E-state index contributed by atoms with van der Waals surface area (Å²) < 4.78 is 1.97. The molecule has 0 spiro atoms. The van der Waals surface area contributed by atoms with Crippen LogP contribution in [0.25, 0.3) is 21.9 Å². The fourth-order valence-corrected chi connectivity index (χ4v) is 2.76. The minimum absolute atomic E-state index is 0.165. The molecule has 3 aromatic rings. The number of nitrogens with zero attached hydrogens (tertiary/aromatic N) is 2. The first kappa shape index (κ1) is 15.0. The van der Waals surface area contributed by atoms with Crippen LogP contribution >= 0.6 is 0 Å². The summed E-state index contributed by atoms with van der Waals surface area (Å²) in [7, 11) is 0. The first-order valence-corrected chi connectivity index (χ1v) is 7.22. The number of hydrogen-bond donors (Lipinski definition) is 3. The van der Waals surface area contributed by atoms with Crippen LogP contribution in [0.2, 0.25) is 0 Å². The maximum absolute atomic E-state index is 11.7. The van der Waals surface area contributed by atoms with Gasteiger partial charge in [0.2, 0.25) is 5.91 Å². The number of fused-ring (bicyclic) bond motifs is 3. The Hall–Kier alpha value is -2.93. The number of amides is 2. The number of carbonyl (C=O) groups excluding carboxylic acids is 2. The zero-order valence-corrected chi connectivity index (χ0v) is 12.7. The van der Waals surface area contributed by atoms with Crippen molar-refractivity contribution in [2.24, 2.45) is 11.5 Å². The Morgan fingerprint density at radius 3 is 2.65 bits per heavy atom. The van der Waals surface area contributed by atoms with E-state index < -0.39 is 5.91 Å². The summed E-state index contributed by atoms with van der Waals surface area (Å²) in [4.78, 5) is 27.6. The largest absolute Gasteiger partial charge is 0.365 e. The van der Waals surface area contributed by atoms with Gasteiger partial charge < -0.3 is 21.4 Å². The van der Waals surface area contributed by atoms with Gasteiger partial charge in [-0.3, -0.25) is 9.59 Å². The lowest BCUT2D eigenvalue weighted by atomic mass is 10.1. The smallest absolute Gasteiger partial charge is 0.252 e. The molecule has 7 nitrogen and oxygen atoms in total. The molecule has 5 N–H and O–H groups in total. The summed E-state index contributed by atoms with van der Waals surface area (Å²) in [6.45, 7) is 2.38. The second-order valence-corrected chi connectivity index (χ2v) is 5.26. The maximum Gasteiger partial charge on any atom is 0.252 e. The highest BCUT2D eigenvalue weighted by Crippen LogP contribution is 2.30. The van der Waals surface area contributed by atoms with Gasteiger partial charge in [0.15, 0.2) is 0 Å². The van der Waals surface area contributed by atoms with E-state index in [1.165, 1.54) is 6.92 Å². The molecule has 0 aliphatic heterocycles. The second-order valence-electron chi connectivity index (χ2n) is 5.26. The molecule has 7 heteroatoms. The molecule has 0 fully saturated rings. The molecule has 2 amide bonds. The van der Waals surface area contributed by atoms with Crippen LogP contribution in [0, 0.1) is 0 Å². The van der Waals surface area contributed by atoms with Crippen molar-refractivity contribution in [2.45, 2.75) is 13.5 Å². The average molecular weight is 311 g/mol. The van der Waals surface area contributed by atoms with Crippen molar-refractivity contribution in [1.82, 2.24) is 9.55 Å². The van der Waals surface area contributed by atoms with E-state index in [1.54, 1.807) is 6.07 Å². The predicted octanol–water partition coefficient (Wildman–Crippen LogP) is 1.21. The number of hydrogen-bond acceptors (Lipinski definition) is 4. The van der Waals surface area contributed by atoms with Crippen molar-refractivity contribution >= 4 is 39.6 Å². The summed E-state index contributed by atoms with van der Waals surface area (Å²) in [5.41, 5.74) is 12.9. The molecular weight excluding hydrogens is 294 g/mol. The number of anilines is 1. The lowest BCUT2D eigenvalue weighted by Gasteiger charge is -2.09. The molecule has 3 rings (SSSR count). The van der Waals surface area contributed by atoms with Crippen LogP contribution in [-0.2, 0) is 11.3 Å². The molecule has 0 radical (unpaired) electrons. The highest BCUT2D eigenvalue weighted by molar-refractivity contribution is 6.11. The summed E-state index contributed by atoms with van der Waals surface area (Å²) in [6, 6.07) is 9.44. The van der Waals surface area contributed by atoms with Crippen LogP contribution in [0.15, 0.2) is 30.3 Å². The van der Waals surface area contributed by atoms with Crippen molar-refractivity contribution in [3.8, 4) is 0 Å². The molecule has 2 aromatic heterocycles. The fourth-order valence-electron chi connectivity index (χ4n) is 2.76. The van der Waals surface area contributed by atoms with Gasteiger partial charge in [-0.25, -0.2) is 4.98 Å². The van der Waals surface area contributed by atoms with E-state index in [-0.39, 0.29) is 17.3 Å².